The van der Waals surface area contributed by atoms with E-state index in [2.05, 4.69) is 24.5 Å². The van der Waals surface area contributed by atoms with Crippen LogP contribution in [0.3, 0.4) is 0 Å². The second-order valence-electron chi connectivity index (χ2n) is 4.62. The number of para-hydroxylation sites is 1. The molecule has 0 aliphatic rings. The van der Waals surface area contributed by atoms with E-state index >= 15 is 0 Å². The Hall–Kier alpha value is -1.51. The molecule has 1 rings (SSSR count). The lowest BCUT2D eigenvalue weighted by Gasteiger charge is -2.15. The van der Waals surface area contributed by atoms with Crippen LogP contribution in [0, 0.1) is 5.92 Å². The van der Waals surface area contributed by atoms with Gasteiger partial charge in [-0.1, -0.05) is 51.3 Å². The first-order chi connectivity index (χ1) is 8.76. The molecule has 1 aromatic carbocycles. The Morgan fingerprint density at radius 2 is 1.94 bits per heavy atom. The molecule has 0 bridgehead atoms. The Morgan fingerprint density at radius 3 is 2.56 bits per heavy atom. The van der Waals surface area contributed by atoms with Gasteiger partial charge < -0.3 is 10.6 Å². The van der Waals surface area contributed by atoms with Crippen LogP contribution in [0.25, 0.3) is 0 Å². The summed E-state index contributed by atoms with van der Waals surface area (Å²) in [4.78, 5) is 11.7. The van der Waals surface area contributed by atoms with E-state index in [9.17, 15) is 4.79 Å². The fourth-order valence-corrected chi connectivity index (χ4v) is 1.88. The summed E-state index contributed by atoms with van der Waals surface area (Å²) in [6, 6.07) is 9.40. The van der Waals surface area contributed by atoms with Crippen molar-refractivity contribution in [2.45, 2.75) is 39.5 Å². The minimum Gasteiger partial charge on any atom is -0.338 e. The molecule has 1 aromatic rings. The first-order valence-corrected chi connectivity index (χ1v) is 6.86. The number of hydrogen-bond donors (Lipinski definition) is 2. The average Bonchev–Trinajstić information content (AvgIpc) is 2.40. The molecule has 2 N–H and O–H groups in total. The minimum atomic E-state index is -0.115. The van der Waals surface area contributed by atoms with Crippen molar-refractivity contribution in [3.63, 3.8) is 0 Å². The Morgan fingerprint density at radius 1 is 1.22 bits per heavy atom. The molecule has 0 spiro atoms. The van der Waals surface area contributed by atoms with E-state index in [1.165, 1.54) is 19.3 Å². The number of urea groups is 1. The van der Waals surface area contributed by atoms with Crippen LogP contribution in [-0.4, -0.2) is 12.6 Å². The van der Waals surface area contributed by atoms with Crippen LogP contribution in [0.1, 0.15) is 39.5 Å². The Labute approximate surface area is 110 Å². The second-order valence-corrected chi connectivity index (χ2v) is 4.62. The predicted octanol–water partition coefficient (Wildman–Crippen LogP) is 4.02. The van der Waals surface area contributed by atoms with E-state index in [0.29, 0.717) is 5.92 Å². The molecular formula is C15H24N2O. The van der Waals surface area contributed by atoms with Crippen molar-refractivity contribution in [2.75, 3.05) is 11.9 Å². The molecular weight excluding hydrogens is 224 g/mol. The number of amides is 2. The molecule has 0 heterocycles. The first kappa shape index (κ1) is 14.6. The van der Waals surface area contributed by atoms with Crippen LogP contribution in [0.4, 0.5) is 10.5 Å². The van der Waals surface area contributed by atoms with Gasteiger partial charge in [0.15, 0.2) is 0 Å². The summed E-state index contributed by atoms with van der Waals surface area (Å²) in [7, 11) is 0. The summed E-state index contributed by atoms with van der Waals surface area (Å²) < 4.78 is 0. The van der Waals surface area contributed by atoms with Gasteiger partial charge in [-0.25, -0.2) is 4.79 Å². The standard InChI is InChI=1S/C15H24N2O/c1-3-5-9-13(4-2)12-16-15(18)17-14-10-7-6-8-11-14/h6-8,10-11,13H,3-5,9,12H2,1-2H3,(H2,16,17,18)/t13-/m0/s1. The third-order valence-corrected chi connectivity index (χ3v) is 3.13. The summed E-state index contributed by atoms with van der Waals surface area (Å²) in [5, 5.41) is 5.77. The van der Waals surface area contributed by atoms with Crippen molar-refractivity contribution in [1.82, 2.24) is 5.32 Å². The zero-order chi connectivity index (χ0) is 13.2. The Balaban J connectivity index is 2.27. The topological polar surface area (TPSA) is 41.1 Å². The highest BCUT2D eigenvalue weighted by Gasteiger charge is 2.07. The Kier molecular flexibility index (Phi) is 6.92. The molecule has 2 amide bonds. The van der Waals surface area contributed by atoms with Crippen molar-refractivity contribution in [1.29, 1.82) is 0 Å². The molecule has 3 heteroatoms. The smallest absolute Gasteiger partial charge is 0.319 e. The van der Waals surface area contributed by atoms with Crippen molar-refractivity contribution in [2.24, 2.45) is 5.92 Å². The molecule has 0 aromatic heterocycles. The van der Waals surface area contributed by atoms with Gasteiger partial charge in [-0.15, -0.1) is 0 Å². The van der Waals surface area contributed by atoms with Crippen molar-refractivity contribution < 1.29 is 4.79 Å². The van der Waals surface area contributed by atoms with Crippen LogP contribution in [-0.2, 0) is 0 Å². The van der Waals surface area contributed by atoms with Gasteiger partial charge in [0.1, 0.15) is 0 Å². The molecule has 100 valence electrons. The fourth-order valence-electron chi connectivity index (χ4n) is 1.88. The number of anilines is 1. The van der Waals surface area contributed by atoms with Crippen LogP contribution >= 0.6 is 0 Å². The maximum absolute atomic E-state index is 11.7. The van der Waals surface area contributed by atoms with E-state index in [4.69, 9.17) is 0 Å². The van der Waals surface area contributed by atoms with Gasteiger partial charge in [0.2, 0.25) is 0 Å². The molecule has 0 fully saturated rings. The van der Waals surface area contributed by atoms with E-state index in [1.54, 1.807) is 0 Å². The number of unbranched alkanes of at least 4 members (excludes halogenated alkanes) is 1. The van der Waals surface area contributed by atoms with E-state index in [-0.39, 0.29) is 6.03 Å². The normalized spacial score (nSPS) is 11.9. The zero-order valence-corrected chi connectivity index (χ0v) is 11.4. The zero-order valence-electron chi connectivity index (χ0n) is 11.4. The van der Waals surface area contributed by atoms with Crippen molar-refractivity contribution in [3.8, 4) is 0 Å². The minimum absolute atomic E-state index is 0.115. The largest absolute Gasteiger partial charge is 0.338 e. The van der Waals surface area contributed by atoms with E-state index < -0.39 is 0 Å². The summed E-state index contributed by atoms with van der Waals surface area (Å²) in [6.45, 7) is 5.13. The van der Waals surface area contributed by atoms with Gasteiger partial charge in [-0.2, -0.15) is 0 Å². The molecule has 0 aliphatic carbocycles. The highest BCUT2D eigenvalue weighted by Crippen LogP contribution is 2.11. The first-order valence-electron chi connectivity index (χ1n) is 6.86. The lowest BCUT2D eigenvalue weighted by molar-refractivity contribution is 0.249. The number of benzene rings is 1. The SMILES string of the molecule is CCCC[C@H](CC)CNC(=O)Nc1ccccc1. The number of carbonyl (C=O) groups excluding carboxylic acids is 1. The van der Waals surface area contributed by atoms with Crippen LogP contribution in [0.2, 0.25) is 0 Å². The lowest BCUT2D eigenvalue weighted by atomic mass is 9.99. The maximum atomic E-state index is 11.7. The molecule has 0 saturated heterocycles. The highest BCUT2D eigenvalue weighted by molar-refractivity contribution is 5.89. The van der Waals surface area contributed by atoms with E-state index in [0.717, 1.165) is 18.7 Å². The molecule has 0 unspecified atom stereocenters. The third-order valence-electron chi connectivity index (χ3n) is 3.13. The monoisotopic (exact) mass is 248 g/mol. The second kappa shape index (κ2) is 8.56. The fraction of sp³-hybridized carbons (Fsp3) is 0.533. The summed E-state index contributed by atoms with van der Waals surface area (Å²) in [5.41, 5.74) is 0.830. The summed E-state index contributed by atoms with van der Waals surface area (Å²) >= 11 is 0. The van der Waals surface area contributed by atoms with E-state index in [1.807, 2.05) is 30.3 Å². The lowest BCUT2D eigenvalue weighted by Crippen LogP contribution is -2.32. The van der Waals surface area contributed by atoms with Crippen LogP contribution in [0.15, 0.2) is 30.3 Å². The van der Waals surface area contributed by atoms with Gasteiger partial charge in [-0.05, 0) is 24.5 Å². The molecule has 3 nitrogen and oxygen atoms in total. The molecule has 0 aliphatic heterocycles. The average molecular weight is 248 g/mol. The molecule has 18 heavy (non-hydrogen) atoms. The number of hydrogen-bond acceptors (Lipinski definition) is 1. The van der Waals surface area contributed by atoms with Gasteiger partial charge in [-0.3, -0.25) is 0 Å². The highest BCUT2D eigenvalue weighted by atomic mass is 16.2. The maximum Gasteiger partial charge on any atom is 0.319 e. The number of nitrogens with one attached hydrogen (secondary N) is 2. The molecule has 0 saturated carbocycles. The number of carbonyl (C=O) groups is 1. The number of rotatable bonds is 7. The summed E-state index contributed by atoms with van der Waals surface area (Å²) in [6.07, 6.45) is 4.76. The van der Waals surface area contributed by atoms with Crippen LogP contribution in [0.5, 0.6) is 0 Å². The predicted molar refractivity (Wildman–Crippen MR) is 76.8 cm³/mol. The van der Waals surface area contributed by atoms with Crippen molar-refractivity contribution in [3.05, 3.63) is 30.3 Å². The molecule has 1 atom stereocenters. The molecule has 0 radical (unpaired) electrons. The van der Waals surface area contributed by atoms with Gasteiger partial charge in [0, 0.05) is 12.2 Å². The third kappa shape index (κ3) is 5.71. The van der Waals surface area contributed by atoms with Crippen molar-refractivity contribution >= 4 is 11.7 Å². The van der Waals surface area contributed by atoms with Crippen LogP contribution < -0.4 is 10.6 Å². The summed E-state index contributed by atoms with van der Waals surface area (Å²) in [5.74, 6) is 0.589. The van der Waals surface area contributed by atoms with Gasteiger partial charge in [0.05, 0.1) is 0 Å². The van der Waals surface area contributed by atoms with Gasteiger partial charge in [0.25, 0.3) is 0 Å². The van der Waals surface area contributed by atoms with Gasteiger partial charge >= 0.3 is 6.03 Å². The Bertz CT molecular complexity index is 338. The quantitative estimate of drug-likeness (QED) is 0.751.